The van der Waals surface area contributed by atoms with Crippen molar-refractivity contribution in [2.75, 3.05) is 0 Å². The highest BCUT2D eigenvalue weighted by Crippen LogP contribution is 2.28. The maximum absolute atomic E-state index is 12.0. The summed E-state index contributed by atoms with van der Waals surface area (Å²) in [4.78, 5) is 14.9. The van der Waals surface area contributed by atoms with Crippen LogP contribution in [0.4, 0.5) is 0 Å². The van der Waals surface area contributed by atoms with Crippen molar-refractivity contribution in [1.29, 1.82) is 0 Å². The van der Waals surface area contributed by atoms with E-state index in [2.05, 4.69) is 22.9 Å². The molecule has 15 heavy (non-hydrogen) atoms. The number of thiophene rings is 2. The van der Waals surface area contributed by atoms with Gasteiger partial charge in [-0.25, -0.2) is 0 Å². The highest BCUT2D eigenvalue weighted by molar-refractivity contribution is 9.10. The van der Waals surface area contributed by atoms with Gasteiger partial charge in [-0.3, -0.25) is 4.79 Å². The first-order valence-electron chi connectivity index (χ1n) is 4.58. The zero-order chi connectivity index (χ0) is 10.8. The summed E-state index contributed by atoms with van der Waals surface area (Å²) in [5.41, 5.74) is 0. The Morgan fingerprint density at radius 1 is 1.40 bits per heavy atom. The lowest BCUT2D eigenvalue weighted by Crippen LogP contribution is -1.95. The van der Waals surface area contributed by atoms with Gasteiger partial charge in [0.15, 0.2) is 0 Å². The second-order valence-corrected chi connectivity index (χ2v) is 5.99. The van der Waals surface area contributed by atoms with Crippen LogP contribution in [0.15, 0.2) is 28.1 Å². The molecule has 2 heterocycles. The minimum absolute atomic E-state index is 0.126. The average molecular weight is 301 g/mol. The highest BCUT2D eigenvalue weighted by Gasteiger charge is 2.15. The van der Waals surface area contributed by atoms with Gasteiger partial charge in [-0.05, 0) is 45.9 Å². The van der Waals surface area contributed by atoms with Gasteiger partial charge in [-0.1, -0.05) is 6.92 Å². The molecule has 0 atom stereocenters. The third-order valence-corrected chi connectivity index (χ3v) is 5.12. The van der Waals surface area contributed by atoms with E-state index in [-0.39, 0.29) is 5.78 Å². The Morgan fingerprint density at radius 3 is 2.73 bits per heavy atom. The van der Waals surface area contributed by atoms with Crippen molar-refractivity contribution < 1.29 is 4.79 Å². The van der Waals surface area contributed by atoms with Gasteiger partial charge in [0.2, 0.25) is 5.78 Å². The number of carbonyl (C=O) groups is 1. The Hall–Kier alpha value is -0.450. The lowest BCUT2D eigenvalue weighted by Gasteiger charge is -1.94. The Balaban J connectivity index is 2.32. The Labute approximate surface area is 105 Å². The van der Waals surface area contributed by atoms with Crippen LogP contribution in [0.5, 0.6) is 0 Å². The van der Waals surface area contributed by atoms with Crippen LogP contribution < -0.4 is 0 Å². The minimum Gasteiger partial charge on any atom is -0.287 e. The monoisotopic (exact) mass is 300 g/mol. The maximum atomic E-state index is 12.0. The van der Waals surface area contributed by atoms with E-state index < -0.39 is 0 Å². The summed E-state index contributed by atoms with van der Waals surface area (Å²) in [6.07, 6.45) is 0.990. The summed E-state index contributed by atoms with van der Waals surface area (Å²) in [5, 5.41) is 1.92. The van der Waals surface area contributed by atoms with E-state index in [0.29, 0.717) is 0 Å². The quantitative estimate of drug-likeness (QED) is 0.770. The molecular weight excluding hydrogens is 292 g/mol. The van der Waals surface area contributed by atoms with Gasteiger partial charge in [0.25, 0.3) is 0 Å². The molecule has 78 valence electrons. The van der Waals surface area contributed by atoms with Crippen molar-refractivity contribution in [2.45, 2.75) is 13.3 Å². The van der Waals surface area contributed by atoms with Crippen LogP contribution >= 0.6 is 38.6 Å². The highest BCUT2D eigenvalue weighted by atomic mass is 79.9. The molecule has 0 fully saturated rings. The van der Waals surface area contributed by atoms with Gasteiger partial charge < -0.3 is 0 Å². The fourth-order valence-electron chi connectivity index (χ4n) is 1.26. The summed E-state index contributed by atoms with van der Waals surface area (Å²) in [5.74, 6) is 0.126. The number of hydrogen-bond donors (Lipinski definition) is 0. The lowest BCUT2D eigenvalue weighted by molar-refractivity contribution is 0.104. The van der Waals surface area contributed by atoms with Gasteiger partial charge in [0.1, 0.15) is 0 Å². The van der Waals surface area contributed by atoms with Crippen LogP contribution in [0.25, 0.3) is 0 Å². The van der Waals surface area contributed by atoms with E-state index in [1.54, 1.807) is 11.3 Å². The van der Waals surface area contributed by atoms with Gasteiger partial charge >= 0.3 is 0 Å². The number of aryl methyl sites for hydroxylation is 1. The van der Waals surface area contributed by atoms with Crippen molar-refractivity contribution in [3.63, 3.8) is 0 Å². The summed E-state index contributed by atoms with van der Waals surface area (Å²) in [7, 11) is 0. The number of carbonyl (C=O) groups excluding carboxylic acids is 1. The molecule has 0 saturated heterocycles. The van der Waals surface area contributed by atoms with E-state index in [0.717, 1.165) is 20.6 Å². The zero-order valence-electron chi connectivity index (χ0n) is 8.12. The first-order valence-corrected chi connectivity index (χ1v) is 7.07. The van der Waals surface area contributed by atoms with Gasteiger partial charge in [-0.2, -0.15) is 0 Å². The van der Waals surface area contributed by atoms with Crippen LogP contribution in [0, 0.1) is 0 Å². The topological polar surface area (TPSA) is 17.1 Å². The number of halogens is 1. The van der Waals surface area contributed by atoms with E-state index >= 15 is 0 Å². The standard InChI is InChI=1S/C11H9BrOS2/c1-2-7-3-4-9(15-7)10(13)11-8(12)5-6-14-11/h3-6H,2H2,1H3. The third-order valence-electron chi connectivity index (χ3n) is 2.06. The summed E-state index contributed by atoms with van der Waals surface area (Å²) in [6.45, 7) is 2.10. The van der Waals surface area contributed by atoms with E-state index in [4.69, 9.17) is 0 Å². The van der Waals surface area contributed by atoms with Crippen LogP contribution in [0.1, 0.15) is 26.3 Å². The smallest absolute Gasteiger partial charge is 0.214 e. The molecule has 0 unspecified atom stereocenters. The molecule has 0 aromatic carbocycles. The number of rotatable bonds is 3. The Bertz CT molecular complexity index is 484. The van der Waals surface area contributed by atoms with Crippen molar-refractivity contribution in [3.05, 3.63) is 42.7 Å². The molecular formula is C11H9BrOS2. The maximum Gasteiger partial charge on any atom is 0.214 e. The van der Waals surface area contributed by atoms with Crippen LogP contribution in [-0.4, -0.2) is 5.78 Å². The molecule has 0 bridgehead atoms. The van der Waals surface area contributed by atoms with E-state index in [1.807, 2.05) is 23.6 Å². The molecule has 0 aliphatic carbocycles. The lowest BCUT2D eigenvalue weighted by atomic mass is 10.2. The van der Waals surface area contributed by atoms with Gasteiger partial charge in [-0.15, -0.1) is 22.7 Å². The fourth-order valence-corrected chi connectivity index (χ4v) is 3.72. The molecule has 0 amide bonds. The van der Waals surface area contributed by atoms with Crippen molar-refractivity contribution in [3.8, 4) is 0 Å². The Morgan fingerprint density at radius 2 is 2.20 bits per heavy atom. The minimum atomic E-state index is 0.126. The number of ketones is 1. The summed E-state index contributed by atoms with van der Waals surface area (Å²) < 4.78 is 0.893. The van der Waals surface area contributed by atoms with Crippen molar-refractivity contribution >= 4 is 44.4 Å². The number of hydrogen-bond acceptors (Lipinski definition) is 3. The Kier molecular flexibility index (Phi) is 3.38. The molecule has 2 aromatic heterocycles. The molecule has 1 nitrogen and oxygen atoms in total. The molecule has 2 aromatic rings. The molecule has 0 aliphatic heterocycles. The largest absolute Gasteiger partial charge is 0.287 e. The summed E-state index contributed by atoms with van der Waals surface area (Å²) in [6, 6.07) is 5.85. The molecule has 0 saturated carbocycles. The molecule has 0 spiro atoms. The van der Waals surface area contributed by atoms with Crippen molar-refractivity contribution in [1.82, 2.24) is 0 Å². The van der Waals surface area contributed by atoms with Crippen LogP contribution in [-0.2, 0) is 6.42 Å². The van der Waals surface area contributed by atoms with E-state index in [1.165, 1.54) is 16.2 Å². The average Bonchev–Trinajstić information content (AvgIpc) is 2.84. The predicted molar refractivity (Wildman–Crippen MR) is 69.1 cm³/mol. The van der Waals surface area contributed by atoms with Gasteiger partial charge in [0.05, 0.1) is 9.75 Å². The second kappa shape index (κ2) is 4.60. The SMILES string of the molecule is CCc1ccc(C(=O)c2sccc2Br)s1. The second-order valence-electron chi connectivity index (χ2n) is 3.05. The molecule has 0 radical (unpaired) electrons. The first-order chi connectivity index (χ1) is 7.22. The summed E-state index contributed by atoms with van der Waals surface area (Å²) >= 11 is 6.45. The molecule has 2 rings (SSSR count). The first kappa shape index (κ1) is 11.0. The molecule has 0 N–H and O–H groups in total. The zero-order valence-corrected chi connectivity index (χ0v) is 11.3. The van der Waals surface area contributed by atoms with Crippen LogP contribution in [0.2, 0.25) is 0 Å². The van der Waals surface area contributed by atoms with E-state index in [9.17, 15) is 4.79 Å². The van der Waals surface area contributed by atoms with Crippen molar-refractivity contribution in [2.24, 2.45) is 0 Å². The molecule has 0 aliphatic rings. The molecule has 4 heteroatoms. The third kappa shape index (κ3) is 2.22. The fraction of sp³-hybridized carbons (Fsp3) is 0.182. The van der Waals surface area contributed by atoms with Crippen LogP contribution in [0.3, 0.4) is 0 Å². The predicted octanol–water partition coefficient (Wildman–Crippen LogP) is 4.37. The normalized spacial score (nSPS) is 10.5. The van der Waals surface area contributed by atoms with Gasteiger partial charge in [0, 0.05) is 9.35 Å².